The lowest BCUT2D eigenvalue weighted by Crippen LogP contribution is -2.28. The van der Waals surface area contributed by atoms with Crippen molar-refractivity contribution in [2.45, 2.75) is 25.8 Å². The summed E-state index contributed by atoms with van der Waals surface area (Å²) in [5, 5.41) is 3.35. The Labute approximate surface area is 106 Å². The first kappa shape index (κ1) is 13.4. The van der Waals surface area contributed by atoms with Crippen LogP contribution < -0.4 is 5.32 Å². The molecule has 1 aromatic carbocycles. The van der Waals surface area contributed by atoms with Crippen LogP contribution in [0.4, 0.5) is 8.78 Å². The van der Waals surface area contributed by atoms with Gasteiger partial charge in [-0.1, -0.05) is 24.3 Å². The van der Waals surface area contributed by atoms with Crippen molar-refractivity contribution in [2.24, 2.45) is 5.92 Å². The van der Waals surface area contributed by atoms with Crippen LogP contribution in [-0.4, -0.2) is 19.8 Å². The molecule has 100 valence electrons. The Hall–Kier alpha value is -1.00. The monoisotopic (exact) mass is 255 g/mol. The third kappa shape index (κ3) is 4.03. The zero-order valence-corrected chi connectivity index (χ0v) is 10.4. The maximum atomic E-state index is 12.4. The van der Waals surface area contributed by atoms with Crippen molar-refractivity contribution >= 4 is 0 Å². The largest absolute Gasteiger partial charge is 0.381 e. The maximum absolute atomic E-state index is 12.4. The summed E-state index contributed by atoms with van der Waals surface area (Å²) in [6.07, 6.45) is -0.0429. The molecule has 0 aliphatic carbocycles. The van der Waals surface area contributed by atoms with Crippen LogP contribution in [0.15, 0.2) is 24.3 Å². The molecule has 0 spiro atoms. The van der Waals surface area contributed by atoms with E-state index in [0.29, 0.717) is 5.92 Å². The van der Waals surface area contributed by atoms with E-state index >= 15 is 0 Å². The Morgan fingerprint density at radius 2 is 2.06 bits per heavy atom. The van der Waals surface area contributed by atoms with Crippen LogP contribution in [0.25, 0.3) is 0 Å². The van der Waals surface area contributed by atoms with Crippen LogP contribution in [0, 0.1) is 5.92 Å². The van der Waals surface area contributed by atoms with E-state index in [-0.39, 0.29) is 5.56 Å². The summed E-state index contributed by atoms with van der Waals surface area (Å²) in [5.41, 5.74) is 1.12. The summed E-state index contributed by atoms with van der Waals surface area (Å²) in [6, 6.07) is 6.49. The van der Waals surface area contributed by atoms with Gasteiger partial charge in [0.25, 0.3) is 6.43 Å². The van der Waals surface area contributed by atoms with Crippen molar-refractivity contribution in [1.29, 1.82) is 0 Å². The summed E-state index contributed by atoms with van der Waals surface area (Å²) in [5.74, 6) is 0.582. The normalized spacial score (nSPS) is 20.3. The summed E-state index contributed by atoms with van der Waals surface area (Å²) >= 11 is 0. The third-order valence-electron chi connectivity index (χ3n) is 3.25. The predicted molar refractivity (Wildman–Crippen MR) is 66.6 cm³/mol. The molecule has 1 aliphatic rings. The van der Waals surface area contributed by atoms with Gasteiger partial charge >= 0.3 is 0 Å². The molecule has 1 heterocycles. The Kier molecular flexibility index (Phi) is 5.08. The first-order chi connectivity index (χ1) is 8.75. The lowest BCUT2D eigenvalue weighted by atomic mass is 10.0. The van der Waals surface area contributed by atoms with E-state index in [1.165, 1.54) is 18.6 Å². The number of halogens is 2. The standard InChI is InChI=1S/C14H19F2NO/c15-14(16)13-5-3-11(4-6-13)8-17-9-12-2-1-7-18-10-12/h3-6,12,14,17H,1-2,7-10H2. The van der Waals surface area contributed by atoms with Gasteiger partial charge in [-0.15, -0.1) is 0 Å². The highest BCUT2D eigenvalue weighted by Gasteiger charge is 2.13. The SMILES string of the molecule is FC(F)c1ccc(CNCC2CCCOC2)cc1. The minimum atomic E-state index is -2.38. The summed E-state index contributed by atoms with van der Waals surface area (Å²) in [6.45, 7) is 3.36. The van der Waals surface area contributed by atoms with Crippen LogP contribution in [0.5, 0.6) is 0 Å². The molecule has 1 atom stereocenters. The van der Waals surface area contributed by atoms with E-state index < -0.39 is 6.43 Å². The molecule has 2 rings (SSSR count). The maximum Gasteiger partial charge on any atom is 0.263 e. The topological polar surface area (TPSA) is 21.3 Å². The first-order valence-corrected chi connectivity index (χ1v) is 6.41. The fourth-order valence-electron chi connectivity index (χ4n) is 2.17. The van der Waals surface area contributed by atoms with Crippen molar-refractivity contribution in [3.05, 3.63) is 35.4 Å². The Balaban J connectivity index is 1.72. The second-order valence-corrected chi connectivity index (χ2v) is 4.76. The van der Waals surface area contributed by atoms with Gasteiger partial charge in [0.1, 0.15) is 0 Å². The number of ether oxygens (including phenoxy) is 1. The van der Waals surface area contributed by atoms with E-state index in [2.05, 4.69) is 5.32 Å². The lowest BCUT2D eigenvalue weighted by molar-refractivity contribution is 0.0547. The van der Waals surface area contributed by atoms with Gasteiger partial charge in [-0.25, -0.2) is 8.78 Å². The zero-order valence-electron chi connectivity index (χ0n) is 10.4. The molecular formula is C14H19F2NO. The van der Waals surface area contributed by atoms with Crippen molar-refractivity contribution in [2.75, 3.05) is 19.8 Å². The molecule has 1 aliphatic heterocycles. The average Bonchev–Trinajstić information content (AvgIpc) is 2.40. The number of alkyl halides is 2. The number of rotatable bonds is 5. The van der Waals surface area contributed by atoms with Gasteiger partial charge < -0.3 is 10.1 Å². The van der Waals surface area contributed by atoms with E-state index in [1.54, 1.807) is 12.1 Å². The van der Waals surface area contributed by atoms with Gasteiger partial charge in [0.15, 0.2) is 0 Å². The second kappa shape index (κ2) is 6.81. The zero-order chi connectivity index (χ0) is 12.8. The van der Waals surface area contributed by atoms with Crippen LogP contribution in [0.3, 0.4) is 0 Å². The van der Waals surface area contributed by atoms with Gasteiger partial charge in [0, 0.05) is 25.3 Å². The first-order valence-electron chi connectivity index (χ1n) is 6.41. The molecule has 1 saturated heterocycles. The molecule has 1 aromatic rings. The number of hydrogen-bond acceptors (Lipinski definition) is 2. The molecule has 18 heavy (non-hydrogen) atoms. The van der Waals surface area contributed by atoms with E-state index in [9.17, 15) is 8.78 Å². The average molecular weight is 255 g/mol. The van der Waals surface area contributed by atoms with Gasteiger partial charge in [-0.3, -0.25) is 0 Å². The Morgan fingerprint density at radius 1 is 1.28 bits per heavy atom. The van der Waals surface area contributed by atoms with Crippen LogP contribution >= 0.6 is 0 Å². The van der Waals surface area contributed by atoms with Crippen molar-refractivity contribution in [3.8, 4) is 0 Å². The molecule has 0 saturated carbocycles. The lowest BCUT2D eigenvalue weighted by Gasteiger charge is -2.22. The van der Waals surface area contributed by atoms with Crippen LogP contribution in [0.2, 0.25) is 0 Å². The van der Waals surface area contributed by atoms with Crippen LogP contribution in [-0.2, 0) is 11.3 Å². The number of benzene rings is 1. The third-order valence-corrected chi connectivity index (χ3v) is 3.25. The molecule has 1 N–H and O–H groups in total. The molecule has 0 aromatic heterocycles. The minimum Gasteiger partial charge on any atom is -0.381 e. The van der Waals surface area contributed by atoms with Crippen molar-refractivity contribution < 1.29 is 13.5 Å². The minimum absolute atomic E-state index is 0.0828. The second-order valence-electron chi connectivity index (χ2n) is 4.76. The smallest absolute Gasteiger partial charge is 0.263 e. The Morgan fingerprint density at radius 3 is 2.67 bits per heavy atom. The quantitative estimate of drug-likeness (QED) is 0.872. The molecule has 2 nitrogen and oxygen atoms in total. The predicted octanol–water partition coefficient (Wildman–Crippen LogP) is 3.14. The Bertz CT molecular complexity index is 347. The molecule has 0 radical (unpaired) electrons. The van der Waals surface area contributed by atoms with E-state index in [0.717, 1.165) is 38.3 Å². The van der Waals surface area contributed by atoms with Crippen molar-refractivity contribution in [1.82, 2.24) is 5.32 Å². The number of nitrogens with one attached hydrogen (secondary N) is 1. The molecular weight excluding hydrogens is 236 g/mol. The summed E-state index contributed by atoms with van der Waals surface area (Å²) in [4.78, 5) is 0. The highest BCUT2D eigenvalue weighted by molar-refractivity contribution is 5.23. The molecule has 4 heteroatoms. The highest BCUT2D eigenvalue weighted by Crippen LogP contribution is 2.18. The van der Waals surface area contributed by atoms with Crippen molar-refractivity contribution in [3.63, 3.8) is 0 Å². The number of hydrogen-bond donors (Lipinski definition) is 1. The fraction of sp³-hybridized carbons (Fsp3) is 0.571. The van der Waals surface area contributed by atoms with E-state index in [1.807, 2.05) is 0 Å². The molecule has 1 fully saturated rings. The van der Waals surface area contributed by atoms with Gasteiger partial charge in [-0.2, -0.15) is 0 Å². The van der Waals surface area contributed by atoms with Crippen LogP contribution in [0.1, 0.15) is 30.4 Å². The molecule has 0 amide bonds. The highest BCUT2D eigenvalue weighted by atomic mass is 19.3. The molecule has 1 unspecified atom stereocenters. The summed E-state index contributed by atoms with van der Waals surface area (Å²) < 4.78 is 30.1. The van der Waals surface area contributed by atoms with Gasteiger partial charge in [0.2, 0.25) is 0 Å². The fourth-order valence-corrected chi connectivity index (χ4v) is 2.17. The summed E-state index contributed by atoms with van der Waals surface area (Å²) in [7, 11) is 0. The molecule has 0 bridgehead atoms. The van der Waals surface area contributed by atoms with E-state index in [4.69, 9.17) is 4.74 Å². The van der Waals surface area contributed by atoms with Gasteiger partial charge in [0.05, 0.1) is 6.61 Å². The van der Waals surface area contributed by atoms with Gasteiger partial charge in [-0.05, 0) is 24.3 Å².